The van der Waals surface area contributed by atoms with Gasteiger partial charge in [0.2, 0.25) is 0 Å². The van der Waals surface area contributed by atoms with Gasteiger partial charge in [-0.3, -0.25) is 4.99 Å². The molecule has 0 aromatic carbocycles. The highest BCUT2D eigenvalue weighted by atomic mass is 14.7. The summed E-state index contributed by atoms with van der Waals surface area (Å²) in [6, 6.07) is 0. The summed E-state index contributed by atoms with van der Waals surface area (Å²) in [5, 5.41) is 0. The van der Waals surface area contributed by atoms with E-state index >= 15 is 0 Å². The van der Waals surface area contributed by atoms with Crippen molar-refractivity contribution >= 4 is 5.71 Å². The molecule has 0 saturated carbocycles. The van der Waals surface area contributed by atoms with E-state index < -0.39 is 0 Å². The molecule has 0 amide bonds. The molecule has 0 aromatic heterocycles. The van der Waals surface area contributed by atoms with E-state index in [1.165, 1.54) is 0 Å². The van der Waals surface area contributed by atoms with Gasteiger partial charge in [0.05, 0.1) is 0 Å². The summed E-state index contributed by atoms with van der Waals surface area (Å²) in [6.07, 6.45) is 9.33. The lowest BCUT2D eigenvalue weighted by atomic mass is 9.93. The Labute approximate surface area is 68.5 Å². The van der Waals surface area contributed by atoms with Gasteiger partial charge in [-0.15, -0.1) is 0 Å². The van der Waals surface area contributed by atoms with Crippen molar-refractivity contribution in [2.75, 3.05) is 0 Å². The van der Waals surface area contributed by atoms with Crippen LogP contribution in [0.3, 0.4) is 0 Å². The van der Waals surface area contributed by atoms with E-state index in [0.717, 1.165) is 12.1 Å². The Hall–Kier alpha value is -0.850. The van der Waals surface area contributed by atoms with Gasteiger partial charge in [0.1, 0.15) is 0 Å². The molecule has 0 fully saturated rings. The van der Waals surface area contributed by atoms with Crippen LogP contribution in [0.4, 0.5) is 0 Å². The van der Waals surface area contributed by atoms with E-state index in [-0.39, 0.29) is 5.41 Å². The quantitative estimate of drug-likeness (QED) is 0.543. The first-order valence-electron chi connectivity index (χ1n) is 4.08. The Balaban J connectivity index is 2.83. The van der Waals surface area contributed by atoms with Crippen LogP contribution in [0.5, 0.6) is 0 Å². The second kappa shape index (κ2) is 3.04. The first kappa shape index (κ1) is 8.25. The Morgan fingerprint density at radius 1 is 1.36 bits per heavy atom. The monoisotopic (exact) mass is 149 g/mol. The molecule has 1 rings (SSSR count). The van der Waals surface area contributed by atoms with E-state index in [1.807, 2.05) is 6.20 Å². The maximum atomic E-state index is 4.29. The molecule has 11 heavy (non-hydrogen) atoms. The van der Waals surface area contributed by atoms with Gasteiger partial charge in [-0.05, 0) is 12.5 Å². The van der Waals surface area contributed by atoms with Gasteiger partial charge >= 0.3 is 0 Å². The molecule has 0 unspecified atom stereocenters. The Morgan fingerprint density at radius 2 is 2.09 bits per heavy atom. The number of hydrogen-bond acceptors (Lipinski definition) is 1. The third-order valence-electron chi connectivity index (χ3n) is 1.81. The molecule has 1 nitrogen and oxygen atoms in total. The zero-order valence-electron chi connectivity index (χ0n) is 7.46. The van der Waals surface area contributed by atoms with Crippen LogP contribution < -0.4 is 0 Å². The highest BCUT2D eigenvalue weighted by molar-refractivity contribution is 5.95. The summed E-state index contributed by atoms with van der Waals surface area (Å²) in [5.41, 5.74) is 1.33. The fourth-order valence-electron chi connectivity index (χ4n) is 0.944. The maximum absolute atomic E-state index is 4.29. The van der Waals surface area contributed by atoms with Crippen LogP contribution >= 0.6 is 0 Å². The van der Waals surface area contributed by atoms with Crippen LogP contribution in [0.2, 0.25) is 0 Å². The smallest absolute Gasteiger partial charge is 0.0397 e. The molecular weight excluding hydrogens is 134 g/mol. The standard InChI is InChI=1S/C10H15N/c1-4-9-5-6-10(2,3)7-8-11-9/h5-8H,4H2,1-3H3. The van der Waals surface area contributed by atoms with E-state index in [4.69, 9.17) is 0 Å². The number of aliphatic imine (C=N–C) groups is 1. The van der Waals surface area contributed by atoms with E-state index in [0.29, 0.717) is 0 Å². The van der Waals surface area contributed by atoms with Crippen LogP contribution in [-0.4, -0.2) is 5.71 Å². The lowest BCUT2D eigenvalue weighted by Gasteiger charge is -2.11. The van der Waals surface area contributed by atoms with Crippen molar-refractivity contribution in [2.24, 2.45) is 10.4 Å². The van der Waals surface area contributed by atoms with Gasteiger partial charge in [0.25, 0.3) is 0 Å². The summed E-state index contributed by atoms with van der Waals surface area (Å²) in [6.45, 7) is 6.47. The summed E-state index contributed by atoms with van der Waals surface area (Å²) < 4.78 is 0. The molecule has 1 heteroatoms. The largest absolute Gasteiger partial charge is 0.262 e. The minimum Gasteiger partial charge on any atom is -0.262 e. The molecule has 1 heterocycles. The normalized spacial score (nSPS) is 21.2. The van der Waals surface area contributed by atoms with Gasteiger partial charge < -0.3 is 0 Å². The molecule has 60 valence electrons. The van der Waals surface area contributed by atoms with Crippen molar-refractivity contribution in [3.63, 3.8) is 0 Å². The SMILES string of the molecule is CCC1=NC=CC(C)(C)C=C1. The van der Waals surface area contributed by atoms with Gasteiger partial charge in [0.15, 0.2) is 0 Å². The predicted octanol–water partition coefficient (Wildman–Crippen LogP) is 2.95. The third kappa shape index (κ3) is 2.34. The summed E-state index contributed by atoms with van der Waals surface area (Å²) in [5.74, 6) is 0. The van der Waals surface area contributed by atoms with Crippen LogP contribution in [0.15, 0.2) is 29.4 Å². The van der Waals surface area contributed by atoms with Crippen molar-refractivity contribution in [3.05, 3.63) is 24.4 Å². The van der Waals surface area contributed by atoms with Crippen molar-refractivity contribution in [1.82, 2.24) is 0 Å². The zero-order valence-corrected chi connectivity index (χ0v) is 7.46. The van der Waals surface area contributed by atoms with Gasteiger partial charge in [-0.1, -0.05) is 32.9 Å². The van der Waals surface area contributed by atoms with Crippen molar-refractivity contribution in [2.45, 2.75) is 27.2 Å². The molecule has 0 saturated heterocycles. The van der Waals surface area contributed by atoms with Crippen LogP contribution in [-0.2, 0) is 0 Å². The Kier molecular flexibility index (Phi) is 2.28. The highest BCUT2D eigenvalue weighted by Crippen LogP contribution is 2.20. The van der Waals surface area contributed by atoms with Crippen molar-refractivity contribution in [1.29, 1.82) is 0 Å². The molecule has 0 aromatic rings. The third-order valence-corrected chi connectivity index (χ3v) is 1.81. The Morgan fingerprint density at radius 3 is 2.73 bits per heavy atom. The fraction of sp³-hybridized carbons (Fsp3) is 0.500. The minimum absolute atomic E-state index is 0.167. The molecule has 0 atom stereocenters. The first-order valence-corrected chi connectivity index (χ1v) is 4.08. The molecule has 0 aliphatic carbocycles. The number of rotatable bonds is 1. The van der Waals surface area contributed by atoms with Gasteiger partial charge in [-0.25, -0.2) is 0 Å². The summed E-state index contributed by atoms with van der Waals surface area (Å²) >= 11 is 0. The second-order valence-corrected chi connectivity index (χ2v) is 3.44. The average Bonchev–Trinajstić information content (AvgIpc) is 2.10. The zero-order chi connectivity index (χ0) is 8.32. The van der Waals surface area contributed by atoms with Crippen LogP contribution in [0.1, 0.15) is 27.2 Å². The second-order valence-electron chi connectivity index (χ2n) is 3.44. The molecule has 0 radical (unpaired) electrons. The molecule has 1 aliphatic rings. The van der Waals surface area contributed by atoms with Gasteiger partial charge in [-0.2, -0.15) is 0 Å². The molecule has 0 spiro atoms. The summed E-state index contributed by atoms with van der Waals surface area (Å²) in [4.78, 5) is 4.29. The van der Waals surface area contributed by atoms with E-state index in [9.17, 15) is 0 Å². The molecule has 0 N–H and O–H groups in total. The summed E-state index contributed by atoms with van der Waals surface area (Å²) in [7, 11) is 0. The van der Waals surface area contributed by atoms with Crippen LogP contribution in [0, 0.1) is 5.41 Å². The van der Waals surface area contributed by atoms with Crippen molar-refractivity contribution in [3.8, 4) is 0 Å². The highest BCUT2D eigenvalue weighted by Gasteiger charge is 2.10. The lowest BCUT2D eigenvalue weighted by Crippen LogP contribution is -2.01. The van der Waals surface area contributed by atoms with Crippen LogP contribution in [0.25, 0.3) is 0 Å². The minimum atomic E-state index is 0.167. The number of nitrogens with zero attached hydrogens (tertiary/aromatic N) is 1. The topological polar surface area (TPSA) is 12.4 Å². The first-order chi connectivity index (χ1) is 5.14. The molecule has 0 bridgehead atoms. The fourth-order valence-corrected chi connectivity index (χ4v) is 0.944. The number of hydrogen-bond donors (Lipinski definition) is 0. The lowest BCUT2D eigenvalue weighted by molar-refractivity contribution is 0.626. The average molecular weight is 149 g/mol. The van der Waals surface area contributed by atoms with E-state index in [1.54, 1.807) is 0 Å². The van der Waals surface area contributed by atoms with Gasteiger partial charge in [0, 0.05) is 17.3 Å². The Bertz CT molecular complexity index is 219. The van der Waals surface area contributed by atoms with E-state index in [2.05, 4.69) is 44.0 Å². The van der Waals surface area contributed by atoms with Crippen molar-refractivity contribution < 1.29 is 0 Å². The maximum Gasteiger partial charge on any atom is 0.0397 e. The predicted molar refractivity (Wildman–Crippen MR) is 49.8 cm³/mol. The molecular formula is C10H15N. The number of allylic oxidation sites excluding steroid dienone is 3. The molecule has 1 aliphatic heterocycles.